The highest BCUT2D eigenvalue weighted by atomic mass is 32.1. The van der Waals surface area contributed by atoms with Gasteiger partial charge < -0.3 is 10.1 Å². The van der Waals surface area contributed by atoms with Gasteiger partial charge in [0.2, 0.25) is 0 Å². The molecule has 0 aliphatic rings. The second-order valence-electron chi connectivity index (χ2n) is 3.35. The number of ether oxygens (including phenoxy) is 1. The van der Waals surface area contributed by atoms with Crippen LogP contribution in [0.2, 0.25) is 0 Å². The maximum absolute atomic E-state index is 5.18. The molecule has 3 nitrogen and oxygen atoms in total. The average molecular weight is 234 g/mol. The van der Waals surface area contributed by atoms with Crippen LogP contribution in [0.1, 0.15) is 5.01 Å². The van der Waals surface area contributed by atoms with Gasteiger partial charge >= 0.3 is 0 Å². The molecule has 0 amide bonds. The van der Waals surface area contributed by atoms with Crippen LogP contribution in [0.25, 0.3) is 16.3 Å². The SMILES string of the molecule is CNCC=Cc1nc2ccc(OC)cc2s1. The van der Waals surface area contributed by atoms with Crippen molar-refractivity contribution in [3.8, 4) is 5.75 Å². The Hall–Kier alpha value is -1.39. The standard InChI is InChI=1S/C12H14N2OS/c1-13-7-3-4-12-14-10-6-5-9(15-2)8-11(10)16-12/h3-6,8,13H,7H2,1-2H3. The third kappa shape index (κ3) is 2.40. The Morgan fingerprint density at radius 1 is 1.50 bits per heavy atom. The highest BCUT2D eigenvalue weighted by molar-refractivity contribution is 7.19. The van der Waals surface area contributed by atoms with Gasteiger partial charge in [-0.2, -0.15) is 0 Å². The molecule has 0 aliphatic heterocycles. The number of nitrogens with zero attached hydrogens (tertiary/aromatic N) is 1. The van der Waals surface area contributed by atoms with Gasteiger partial charge in [-0.1, -0.05) is 6.08 Å². The zero-order chi connectivity index (χ0) is 11.4. The van der Waals surface area contributed by atoms with Crippen LogP contribution in [0.5, 0.6) is 5.75 Å². The van der Waals surface area contributed by atoms with Gasteiger partial charge in [-0.25, -0.2) is 4.98 Å². The van der Waals surface area contributed by atoms with Crippen molar-refractivity contribution in [1.82, 2.24) is 10.3 Å². The number of hydrogen-bond donors (Lipinski definition) is 1. The molecule has 1 aromatic heterocycles. The molecule has 0 atom stereocenters. The van der Waals surface area contributed by atoms with Crippen LogP contribution in [-0.4, -0.2) is 25.7 Å². The van der Waals surface area contributed by atoms with Crippen molar-refractivity contribution in [3.63, 3.8) is 0 Å². The van der Waals surface area contributed by atoms with Crippen molar-refractivity contribution < 1.29 is 4.74 Å². The first kappa shape index (κ1) is 11.1. The number of rotatable bonds is 4. The molecule has 1 N–H and O–H groups in total. The number of methoxy groups -OCH3 is 1. The molecular weight excluding hydrogens is 220 g/mol. The Morgan fingerprint density at radius 3 is 3.12 bits per heavy atom. The number of nitrogens with one attached hydrogen (secondary N) is 1. The summed E-state index contributed by atoms with van der Waals surface area (Å²) in [7, 11) is 3.60. The first-order valence-corrected chi connectivity index (χ1v) is 5.91. The summed E-state index contributed by atoms with van der Waals surface area (Å²) in [6, 6.07) is 5.94. The molecular formula is C12H14N2OS. The van der Waals surface area contributed by atoms with E-state index in [0.29, 0.717) is 0 Å². The molecule has 0 bridgehead atoms. The van der Waals surface area contributed by atoms with Crippen LogP contribution in [0.15, 0.2) is 24.3 Å². The maximum Gasteiger partial charge on any atom is 0.120 e. The third-order valence-electron chi connectivity index (χ3n) is 2.19. The molecule has 84 valence electrons. The predicted molar refractivity (Wildman–Crippen MR) is 69.1 cm³/mol. The fraction of sp³-hybridized carbons (Fsp3) is 0.250. The van der Waals surface area contributed by atoms with Gasteiger partial charge in [0.25, 0.3) is 0 Å². The maximum atomic E-state index is 5.18. The van der Waals surface area contributed by atoms with Crippen LogP contribution in [0.4, 0.5) is 0 Å². The lowest BCUT2D eigenvalue weighted by Gasteiger charge is -1.96. The van der Waals surface area contributed by atoms with Crippen LogP contribution < -0.4 is 10.1 Å². The van der Waals surface area contributed by atoms with Gasteiger partial charge in [-0.3, -0.25) is 0 Å². The van der Waals surface area contributed by atoms with E-state index in [0.717, 1.165) is 27.5 Å². The molecule has 0 spiro atoms. The minimum atomic E-state index is 0.860. The molecule has 16 heavy (non-hydrogen) atoms. The summed E-state index contributed by atoms with van der Waals surface area (Å²) in [5.74, 6) is 0.877. The molecule has 0 fully saturated rings. The summed E-state index contributed by atoms with van der Waals surface area (Å²) < 4.78 is 6.34. The zero-order valence-electron chi connectivity index (χ0n) is 9.36. The van der Waals surface area contributed by atoms with Gasteiger partial charge in [-0.15, -0.1) is 11.3 Å². The van der Waals surface area contributed by atoms with Gasteiger partial charge in [0.15, 0.2) is 0 Å². The summed E-state index contributed by atoms with van der Waals surface area (Å²) >= 11 is 1.67. The Kier molecular flexibility index (Phi) is 3.54. The molecule has 0 unspecified atom stereocenters. The van der Waals surface area contributed by atoms with Crippen LogP contribution in [0.3, 0.4) is 0 Å². The number of fused-ring (bicyclic) bond motifs is 1. The van der Waals surface area contributed by atoms with Gasteiger partial charge in [0, 0.05) is 6.54 Å². The van der Waals surface area contributed by atoms with E-state index in [-0.39, 0.29) is 0 Å². The van der Waals surface area contributed by atoms with E-state index in [1.165, 1.54) is 0 Å². The molecule has 0 aliphatic carbocycles. The number of benzene rings is 1. The molecule has 2 rings (SSSR count). The van der Waals surface area contributed by atoms with Crippen LogP contribution in [0, 0.1) is 0 Å². The summed E-state index contributed by atoms with van der Waals surface area (Å²) in [4.78, 5) is 4.51. The Labute approximate surface area is 98.8 Å². The number of thiazole rings is 1. The van der Waals surface area contributed by atoms with Crippen molar-refractivity contribution >= 4 is 27.6 Å². The predicted octanol–water partition coefficient (Wildman–Crippen LogP) is 2.54. The second-order valence-corrected chi connectivity index (χ2v) is 4.41. The molecule has 0 saturated heterocycles. The van der Waals surface area contributed by atoms with Gasteiger partial charge in [0.05, 0.1) is 17.3 Å². The monoisotopic (exact) mass is 234 g/mol. The quantitative estimate of drug-likeness (QED) is 0.882. The lowest BCUT2D eigenvalue weighted by molar-refractivity contribution is 0.415. The first-order valence-electron chi connectivity index (χ1n) is 5.09. The lowest BCUT2D eigenvalue weighted by Crippen LogP contribution is -2.03. The van der Waals surface area contributed by atoms with E-state index in [1.54, 1.807) is 18.4 Å². The molecule has 1 aromatic carbocycles. The van der Waals surface area contributed by atoms with Crippen LogP contribution >= 0.6 is 11.3 Å². The van der Waals surface area contributed by atoms with E-state index < -0.39 is 0 Å². The number of likely N-dealkylation sites (N-methyl/N-ethyl adjacent to an activating group) is 1. The molecule has 0 radical (unpaired) electrons. The van der Waals surface area contributed by atoms with E-state index in [4.69, 9.17) is 4.74 Å². The van der Waals surface area contributed by atoms with Gasteiger partial charge in [0.1, 0.15) is 10.8 Å². The van der Waals surface area contributed by atoms with Crippen molar-refractivity contribution in [2.45, 2.75) is 0 Å². The first-order chi connectivity index (χ1) is 7.83. The highest BCUT2D eigenvalue weighted by Crippen LogP contribution is 2.26. The largest absolute Gasteiger partial charge is 0.497 e. The van der Waals surface area contributed by atoms with Crippen molar-refractivity contribution in [2.24, 2.45) is 0 Å². The smallest absolute Gasteiger partial charge is 0.120 e. The summed E-state index contributed by atoms with van der Waals surface area (Å²) in [6.07, 6.45) is 4.10. The normalized spacial score (nSPS) is 11.4. The molecule has 0 saturated carbocycles. The zero-order valence-corrected chi connectivity index (χ0v) is 10.2. The number of hydrogen-bond acceptors (Lipinski definition) is 4. The summed E-state index contributed by atoms with van der Waals surface area (Å²) in [6.45, 7) is 0.860. The topological polar surface area (TPSA) is 34.2 Å². The Balaban J connectivity index is 2.29. The van der Waals surface area contributed by atoms with Crippen molar-refractivity contribution in [2.75, 3.05) is 20.7 Å². The fourth-order valence-electron chi connectivity index (χ4n) is 1.40. The molecule has 1 heterocycles. The third-order valence-corrected chi connectivity index (χ3v) is 3.18. The van der Waals surface area contributed by atoms with E-state index >= 15 is 0 Å². The van der Waals surface area contributed by atoms with Crippen LogP contribution in [-0.2, 0) is 0 Å². The van der Waals surface area contributed by atoms with E-state index in [2.05, 4.69) is 16.4 Å². The average Bonchev–Trinajstić information content (AvgIpc) is 2.70. The highest BCUT2D eigenvalue weighted by Gasteiger charge is 2.02. The number of aromatic nitrogens is 1. The van der Waals surface area contributed by atoms with Crippen molar-refractivity contribution in [3.05, 3.63) is 29.3 Å². The van der Waals surface area contributed by atoms with E-state index in [1.807, 2.05) is 31.3 Å². The fourth-order valence-corrected chi connectivity index (χ4v) is 2.33. The molecule has 4 heteroatoms. The Bertz CT molecular complexity index is 505. The minimum Gasteiger partial charge on any atom is -0.497 e. The Morgan fingerprint density at radius 2 is 2.38 bits per heavy atom. The molecule has 2 aromatic rings. The van der Waals surface area contributed by atoms with E-state index in [9.17, 15) is 0 Å². The summed E-state index contributed by atoms with van der Waals surface area (Å²) in [5.41, 5.74) is 1.02. The second kappa shape index (κ2) is 5.09. The van der Waals surface area contributed by atoms with Crippen molar-refractivity contribution in [1.29, 1.82) is 0 Å². The van der Waals surface area contributed by atoms with Gasteiger partial charge in [-0.05, 0) is 31.3 Å². The minimum absolute atomic E-state index is 0.860. The lowest BCUT2D eigenvalue weighted by atomic mass is 10.3. The summed E-state index contributed by atoms with van der Waals surface area (Å²) in [5, 5.41) is 4.09.